The van der Waals surface area contributed by atoms with Crippen LogP contribution in [0.15, 0.2) is 24.3 Å². The number of nitrogens with one attached hydrogen (secondary N) is 2. The molecule has 1 aromatic carbocycles. The number of benzene rings is 1. The van der Waals surface area contributed by atoms with Crippen LogP contribution < -0.4 is 10.6 Å². The van der Waals surface area contributed by atoms with Gasteiger partial charge < -0.3 is 10.6 Å². The van der Waals surface area contributed by atoms with Gasteiger partial charge in [0.2, 0.25) is 0 Å². The minimum atomic E-state index is -1.30. The zero-order chi connectivity index (χ0) is 15.3. The van der Waals surface area contributed by atoms with Gasteiger partial charge in [-0.25, -0.2) is 0 Å². The van der Waals surface area contributed by atoms with Crippen LogP contribution in [0.25, 0.3) is 0 Å². The van der Waals surface area contributed by atoms with Crippen molar-refractivity contribution in [3.63, 3.8) is 0 Å². The summed E-state index contributed by atoms with van der Waals surface area (Å²) >= 11 is 28.0. The predicted octanol–water partition coefficient (Wildman–Crippen LogP) is 3.12. The third-order valence-corrected chi connectivity index (χ3v) is 3.38. The summed E-state index contributed by atoms with van der Waals surface area (Å²) in [7, 11) is 0. The smallest absolute Gasteiger partial charge is 0.254 e. The molecule has 1 rings (SSSR count). The molecule has 0 aliphatic rings. The quantitative estimate of drug-likeness (QED) is 0.611. The van der Waals surface area contributed by atoms with Crippen molar-refractivity contribution < 1.29 is 9.59 Å². The Morgan fingerprint density at radius 2 is 1.60 bits per heavy atom. The van der Waals surface area contributed by atoms with E-state index in [1.807, 2.05) is 0 Å². The lowest BCUT2D eigenvalue weighted by Crippen LogP contribution is -2.53. The van der Waals surface area contributed by atoms with Crippen LogP contribution in [0.5, 0.6) is 0 Å². The molecule has 0 spiro atoms. The normalized spacial score (nSPS) is 12.3. The van der Waals surface area contributed by atoms with Crippen molar-refractivity contribution in [1.82, 2.24) is 10.6 Å². The first-order valence-corrected chi connectivity index (χ1v) is 7.37. The van der Waals surface area contributed by atoms with Crippen molar-refractivity contribution in [3.8, 4) is 0 Å². The van der Waals surface area contributed by atoms with Gasteiger partial charge in [-0.2, -0.15) is 0 Å². The summed E-state index contributed by atoms with van der Waals surface area (Å²) in [6, 6.07) is 6.38. The zero-order valence-corrected chi connectivity index (χ0v) is 13.5. The summed E-state index contributed by atoms with van der Waals surface area (Å²) in [5.74, 6) is -1.28. The molecular weight excluding hydrogens is 369 g/mol. The van der Waals surface area contributed by atoms with Crippen LogP contribution in [-0.2, 0) is 4.79 Å². The maximum absolute atomic E-state index is 12.0. The molecule has 0 fully saturated rings. The lowest BCUT2D eigenvalue weighted by Gasteiger charge is -2.21. The Hall–Kier alpha value is -0.390. The number of carbonyl (C=O) groups is 2. The van der Waals surface area contributed by atoms with Crippen molar-refractivity contribution >= 4 is 69.8 Å². The first-order chi connectivity index (χ1) is 9.32. The summed E-state index contributed by atoms with van der Waals surface area (Å²) in [5, 5.41) is 4.97. The van der Waals surface area contributed by atoms with Gasteiger partial charge in [-0.1, -0.05) is 46.9 Å². The van der Waals surface area contributed by atoms with Crippen LogP contribution in [0.3, 0.4) is 0 Å². The third kappa shape index (κ3) is 5.19. The van der Waals surface area contributed by atoms with Gasteiger partial charge in [0.05, 0.1) is 10.6 Å². The lowest BCUT2D eigenvalue weighted by atomic mass is 10.2. The van der Waals surface area contributed by atoms with Crippen molar-refractivity contribution in [2.24, 2.45) is 0 Å². The van der Waals surface area contributed by atoms with E-state index >= 15 is 0 Å². The van der Waals surface area contributed by atoms with E-state index in [0.717, 1.165) is 0 Å². The summed E-state index contributed by atoms with van der Waals surface area (Å²) in [4.78, 5) is 21.0. The van der Waals surface area contributed by atoms with E-state index in [1.165, 1.54) is 6.07 Å². The molecule has 0 bridgehead atoms. The second-order valence-corrected chi connectivity index (χ2v) is 6.24. The van der Waals surface area contributed by atoms with Crippen molar-refractivity contribution in [2.45, 2.75) is 15.8 Å². The van der Waals surface area contributed by atoms with Gasteiger partial charge in [0.25, 0.3) is 11.8 Å². The number of hydrogen-bond acceptors (Lipinski definition) is 2. The standard InChI is InChI=1S/C11H9Cl5N2O2/c12-6-4-2-1-3-5(6)10(19)17-9(7(13)14)18-11(20)8(15)16/h1-4,7-9H,(H,17,19)(H,18,20). The van der Waals surface area contributed by atoms with Crippen LogP contribution in [0.4, 0.5) is 0 Å². The fourth-order valence-electron chi connectivity index (χ4n) is 1.24. The van der Waals surface area contributed by atoms with Gasteiger partial charge in [0.1, 0.15) is 11.0 Å². The molecule has 0 saturated carbocycles. The molecular formula is C11H9Cl5N2O2. The summed E-state index contributed by atoms with van der Waals surface area (Å²) < 4.78 is 0. The van der Waals surface area contributed by atoms with Gasteiger partial charge in [-0.15, -0.1) is 23.2 Å². The van der Waals surface area contributed by atoms with E-state index in [0.29, 0.717) is 0 Å². The highest BCUT2D eigenvalue weighted by molar-refractivity contribution is 6.53. The molecule has 2 amide bonds. The number of halogens is 5. The van der Waals surface area contributed by atoms with Crippen LogP contribution in [0.2, 0.25) is 5.02 Å². The Balaban J connectivity index is 2.79. The largest absolute Gasteiger partial charge is 0.331 e. The maximum Gasteiger partial charge on any atom is 0.254 e. The Kier molecular flexibility index (Phi) is 7.20. The molecule has 1 unspecified atom stereocenters. The highest BCUT2D eigenvalue weighted by Gasteiger charge is 2.25. The van der Waals surface area contributed by atoms with E-state index in [2.05, 4.69) is 10.6 Å². The highest BCUT2D eigenvalue weighted by atomic mass is 35.5. The zero-order valence-electron chi connectivity index (χ0n) is 9.75. The molecule has 0 aromatic heterocycles. The van der Waals surface area contributed by atoms with Crippen molar-refractivity contribution in [2.75, 3.05) is 0 Å². The topological polar surface area (TPSA) is 58.2 Å². The van der Waals surface area contributed by atoms with E-state index < -0.39 is 27.7 Å². The van der Waals surface area contributed by atoms with Crippen LogP contribution in [0, 0.1) is 0 Å². The van der Waals surface area contributed by atoms with E-state index in [1.54, 1.807) is 18.2 Å². The molecule has 2 N–H and O–H groups in total. The molecule has 20 heavy (non-hydrogen) atoms. The number of carbonyl (C=O) groups excluding carboxylic acids is 2. The Morgan fingerprint density at radius 1 is 1.00 bits per heavy atom. The van der Waals surface area contributed by atoms with E-state index in [4.69, 9.17) is 58.0 Å². The molecule has 1 aromatic rings. The molecule has 1 atom stereocenters. The van der Waals surface area contributed by atoms with E-state index in [-0.39, 0.29) is 10.6 Å². The second kappa shape index (κ2) is 8.15. The van der Waals surface area contributed by atoms with Gasteiger partial charge in [0, 0.05) is 0 Å². The molecule has 0 aliphatic carbocycles. The number of rotatable bonds is 5. The molecule has 9 heteroatoms. The average molecular weight is 378 g/mol. The fraction of sp³-hybridized carbons (Fsp3) is 0.273. The van der Waals surface area contributed by atoms with Crippen LogP contribution >= 0.6 is 58.0 Å². The SMILES string of the molecule is O=C(NC(NC(=O)C(Cl)Cl)C(Cl)Cl)c1ccccc1Cl. The lowest BCUT2D eigenvalue weighted by molar-refractivity contribution is -0.120. The first-order valence-electron chi connectivity index (χ1n) is 5.25. The van der Waals surface area contributed by atoms with Crippen LogP contribution in [-0.4, -0.2) is 27.7 Å². The van der Waals surface area contributed by atoms with E-state index in [9.17, 15) is 9.59 Å². The first kappa shape index (κ1) is 17.7. The average Bonchev–Trinajstić information content (AvgIpc) is 2.37. The Morgan fingerprint density at radius 3 is 2.10 bits per heavy atom. The summed E-state index contributed by atoms with van der Waals surface area (Å²) in [5.41, 5.74) is 0.218. The third-order valence-electron chi connectivity index (χ3n) is 2.15. The second-order valence-electron chi connectivity index (χ2n) is 3.57. The number of hydrogen-bond donors (Lipinski definition) is 2. The fourth-order valence-corrected chi connectivity index (χ4v) is 1.84. The summed E-state index contributed by atoms with van der Waals surface area (Å²) in [6.07, 6.45) is -1.06. The van der Waals surface area contributed by atoms with Gasteiger partial charge in [-0.3, -0.25) is 9.59 Å². The highest BCUT2D eigenvalue weighted by Crippen LogP contribution is 2.16. The molecule has 4 nitrogen and oxygen atoms in total. The van der Waals surface area contributed by atoms with Crippen molar-refractivity contribution in [1.29, 1.82) is 0 Å². The maximum atomic E-state index is 12.0. The molecule has 110 valence electrons. The van der Waals surface area contributed by atoms with Gasteiger partial charge >= 0.3 is 0 Å². The number of amides is 2. The minimum Gasteiger partial charge on any atom is -0.331 e. The molecule has 0 aliphatic heterocycles. The molecule has 0 saturated heterocycles. The van der Waals surface area contributed by atoms with Crippen molar-refractivity contribution in [3.05, 3.63) is 34.9 Å². The number of alkyl halides is 4. The molecule has 0 heterocycles. The Bertz CT molecular complexity index is 495. The minimum absolute atomic E-state index is 0.218. The van der Waals surface area contributed by atoms with Gasteiger partial charge in [-0.05, 0) is 12.1 Å². The Labute approximate surface area is 140 Å². The molecule has 0 radical (unpaired) electrons. The predicted molar refractivity (Wildman–Crippen MR) is 81.8 cm³/mol. The monoisotopic (exact) mass is 376 g/mol. The van der Waals surface area contributed by atoms with Crippen LogP contribution in [0.1, 0.15) is 10.4 Å². The summed E-state index contributed by atoms with van der Waals surface area (Å²) in [6.45, 7) is 0. The van der Waals surface area contributed by atoms with Gasteiger partial charge in [0.15, 0.2) is 4.84 Å².